The summed E-state index contributed by atoms with van der Waals surface area (Å²) in [6.45, 7) is 6.04. The van der Waals surface area contributed by atoms with Crippen molar-refractivity contribution in [2.24, 2.45) is 0 Å². The molecule has 0 saturated heterocycles. The average Bonchev–Trinajstić information content (AvgIpc) is 2.47. The molecule has 22 heavy (non-hydrogen) atoms. The zero-order chi connectivity index (χ0) is 16.9. The lowest BCUT2D eigenvalue weighted by Crippen LogP contribution is -2.38. The van der Waals surface area contributed by atoms with Crippen molar-refractivity contribution in [3.63, 3.8) is 0 Å². The minimum absolute atomic E-state index is 0.0804. The van der Waals surface area contributed by atoms with Gasteiger partial charge in [-0.05, 0) is 38.0 Å². The first-order chi connectivity index (χ1) is 10.3. The Kier molecular flexibility index (Phi) is 6.40. The molecule has 5 heteroatoms. The van der Waals surface area contributed by atoms with E-state index >= 15 is 0 Å². The molecule has 0 heterocycles. The Hall–Kier alpha value is -2.04. The predicted molar refractivity (Wildman–Crippen MR) is 90.3 cm³/mol. The van der Waals surface area contributed by atoms with Crippen LogP contribution in [0.2, 0.25) is 0 Å². The van der Waals surface area contributed by atoms with Gasteiger partial charge < -0.3 is 15.1 Å². The molecule has 0 aliphatic heterocycles. The fourth-order valence-corrected chi connectivity index (χ4v) is 2.16. The van der Waals surface area contributed by atoms with E-state index in [1.807, 2.05) is 19.9 Å². The van der Waals surface area contributed by atoms with Crippen LogP contribution in [0.3, 0.4) is 0 Å². The van der Waals surface area contributed by atoms with Gasteiger partial charge in [0.2, 0.25) is 0 Å². The van der Waals surface area contributed by atoms with E-state index in [4.69, 9.17) is 0 Å². The quantitative estimate of drug-likeness (QED) is 0.907. The Labute approximate surface area is 133 Å². The Balaban J connectivity index is 2.91. The highest BCUT2D eigenvalue weighted by Crippen LogP contribution is 2.19. The van der Waals surface area contributed by atoms with Crippen molar-refractivity contribution in [3.05, 3.63) is 29.3 Å². The monoisotopic (exact) mass is 305 g/mol. The number of aryl methyl sites for hydroxylation is 1. The molecule has 0 fully saturated rings. The number of amides is 3. The van der Waals surface area contributed by atoms with Crippen LogP contribution in [-0.2, 0) is 0 Å². The van der Waals surface area contributed by atoms with Crippen LogP contribution in [0.1, 0.15) is 42.6 Å². The van der Waals surface area contributed by atoms with E-state index in [0.717, 1.165) is 18.4 Å². The number of benzene rings is 1. The van der Waals surface area contributed by atoms with Gasteiger partial charge in [0.15, 0.2) is 0 Å². The molecule has 122 valence electrons. The van der Waals surface area contributed by atoms with E-state index in [2.05, 4.69) is 12.2 Å². The van der Waals surface area contributed by atoms with Crippen molar-refractivity contribution in [1.29, 1.82) is 0 Å². The van der Waals surface area contributed by atoms with E-state index < -0.39 is 0 Å². The summed E-state index contributed by atoms with van der Waals surface area (Å²) < 4.78 is 0. The topological polar surface area (TPSA) is 52.7 Å². The number of anilines is 1. The normalized spacial score (nSPS) is 11.7. The van der Waals surface area contributed by atoms with E-state index in [-0.39, 0.29) is 18.0 Å². The summed E-state index contributed by atoms with van der Waals surface area (Å²) in [5.41, 5.74) is 2.17. The smallest absolute Gasteiger partial charge is 0.321 e. The lowest BCUT2D eigenvalue weighted by molar-refractivity contribution is 0.0827. The minimum Gasteiger partial charge on any atom is -0.345 e. The zero-order valence-electron chi connectivity index (χ0n) is 14.4. The molecule has 1 aromatic rings. The summed E-state index contributed by atoms with van der Waals surface area (Å²) in [5.74, 6) is -0.0804. The van der Waals surface area contributed by atoms with Crippen LogP contribution in [0.4, 0.5) is 10.5 Å². The molecular formula is C17H27N3O2. The number of carbonyl (C=O) groups is 2. The summed E-state index contributed by atoms with van der Waals surface area (Å²) in [7, 11) is 5.21. The highest BCUT2D eigenvalue weighted by molar-refractivity contribution is 5.97. The van der Waals surface area contributed by atoms with E-state index in [1.165, 1.54) is 4.90 Å². The van der Waals surface area contributed by atoms with Gasteiger partial charge in [-0.1, -0.05) is 19.4 Å². The molecule has 0 unspecified atom stereocenters. The van der Waals surface area contributed by atoms with Crippen molar-refractivity contribution in [2.45, 2.75) is 39.7 Å². The molecule has 0 aliphatic carbocycles. The molecule has 0 bridgehead atoms. The molecule has 0 saturated carbocycles. The van der Waals surface area contributed by atoms with Crippen molar-refractivity contribution in [1.82, 2.24) is 9.80 Å². The van der Waals surface area contributed by atoms with Crippen LogP contribution in [0.5, 0.6) is 0 Å². The minimum atomic E-state index is -0.154. The molecule has 1 N–H and O–H groups in total. The Morgan fingerprint density at radius 2 is 1.86 bits per heavy atom. The maximum absolute atomic E-state index is 12.3. The number of hydrogen-bond donors (Lipinski definition) is 1. The van der Waals surface area contributed by atoms with Crippen molar-refractivity contribution >= 4 is 17.6 Å². The number of nitrogens with one attached hydrogen (secondary N) is 1. The van der Waals surface area contributed by atoms with Gasteiger partial charge in [-0.2, -0.15) is 0 Å². The van der Waals surface area contributed by atoms with Gasteiger partial charge in [-0.3, -0.25) is 4.79 Å². The summed E-state index contributed by atoms with van der Waals surface area (Å²) in [6, 6.07) is 5.38. The van der Waals surface area contributed by atoms with Gasteiger partial charge in [-0.25, -0.2) is 4.79 Å². The van der Waals surface area contributed by atoms with Crippen molar-refractivity contribution < 1.29 is 9.59 Å². The molecule has 0 radical (unpaired) electrons. The molecule has 1 rings (SSSR count). The highest BCUT2D eigenvalue weighted by atomic mass is 16.2. The second-order valence-corrected chi connectivity index (χ2v) is 5.91. The predicted octanol–water partition coefficient (Wildman–Crippen LogP) is 3.35. The number of urea groups is 1. The maximum Gasteiger partial charge on any atom is 0.321 e. The fourth-order valence-electron chi connectivity index (χ4n) is 2.16. The van der Waals surface area contributed by atoms with Crippen LogP contribution in [0, 0.1) is 6.92 Å². The summed E-state index contributed by atoms with van der Waals surface area (Å²) >= 11 is 0. The first kappa shape index (κ1) is 18.0. The van der Waals surface area contributed by atoms with Crippen LogP contribution in [-0.4, -0.2) is 48.9 Å². The molecular weight excluding hydrogens is 278 g/mol. The third kappa shape index (κ3) is 4.48. The Bertz CT molecular complexity index is 541. The molecule has 0 spiro atoms. The first-order valence-electron chi connectivity index (χ1n) is 7.64. The SMILES string of the molecule is CCC[C@H](C)N(C)C(=O)Nc1cc(C(=O)N(C)C)ccc1C. The lowest BCUT2D eigenvalue weighted by atomic mass is 10.1. The number of carbonyl (C=O) groups excluding carboxylic acids is 2. The number of rotatable bonds is 5. The van der Waals surface area contributed by atoms with Gasteiger partial charge in [-0.15, -0.1) is 0 Å². The molecule has 3 amide bonds. The molecule has 0 aromatic heterocycles. The van der Waals surface area contributed by atoms with E-state index in [0.29, 0.717) is 11.3 Å². The Morgan fingerprint density at radius 1 is 1.23 bits per heavy atom. The van der Waals surface area contributed by atoms with Crippen LogP contribution >= 0.6 is 0 Å². The molecule has 0 aliphatic rings. The first-order valence-corrected chi connectivity index (χ1v) is 7.64. The standard InChI is InChI=1S/C17H27N3O2/c1-7-8-13(3)20(6)17(22)18-15-11-14(10-9-12(15)2)16(21)19(4)5/h9-11,13H,7-8H2,1-6H3,(H,18,22)/t13-/m0/s1. The third-order valence-corrected chi connectivity index (χ3v) is 3.82. The average molecular weight is 305 g/mol. The van der Waals surface area contributed by atoms with Gasteiger partial charge in [0.05, 0.1) is 0 Å². The highest BCUT2D eigenvalue weighted by Gasteiger charge is 2.17. The zero-order valence-corrected chi connectivity index (χ0v) is 14.4. The summed E-state index contributed by atoms with van der Waals surface area (Å²) in [5, 5.41) is 2.90. The lowest BCUT2D eigenvalue weighted by Gasteiger charge is -2.25. The number of nitrogens with zero attached hydrogens (tertiary/aromatic N) is 2. The number of hydrogen-bond acceptors (Lipinski definition) is 2. The second-order valence-electron chi connectivity index (χ2n) is 5.91. The summed E-state index contributed by atoms with van der Waals surface area (Å²) in [6.07, 6.45) is 1.99. The van der Waals surface area contributed by atoms with Crippen LogP contribution < -0.4 is 5.32 Å². The second kappa shape index (κ2) is 7.82. The fraction of sp³-hybridized carbons (Fsp3) is 0.529. The van der Waals surface area contributed by atoms with Gasteiger partial charge in [0.25, 0.3) is 5.91 Å². The molecule has 1 aromatic carbocycles. The summed E-state index contributed by atoms with van der Waals surface area (Å²) in [4.78, 5) is 27.6. The third-order valence-electron chi connectivity index (χ3n) is 3.82. The molecule has 5 nitrogen and oxygen atoms in total. The van der Waals surface area contributed by atoms with Crippen LogP contribution in [0.15, 0.2) is 18.2 Å². The van der Waals surface area contributed by atoms with Gasteiger partial charge in [0, 0.05) is 38.4 Å². The Morgan fingerprint density at radius 3 is 2.41 bits per heavy atom. The van der Waals surface area contributed by atoms with Gasteiger partial charge >= 0.3 is 6.03 Å². The van der Waals surface area contributed by atoms with E-state index in [1.54, 1.807) is 38.2 Å². The van der Waals surface area contributed by atoms with Crippen molar-refractivity contribution in [3.8, 4) is 0 Å². The van der Waals surface area contributed by atoms with Crippen molar-refractivity contribution in [2.75, 3.05) is 26.5 Å². The van der Waals surface area contributed by atoms with Crippen LogP contribution in [0.25, 0.3) is 0 Å². The molecule has 1 atom stereocenters. The largest absolute Gasteiger partial charge is 0.345 e. The van der Waals surface area contributed by atoms with E-state index in [9.17, 15) is 9.59 Å². The maximum atomic E-state index is 12.3. The van der Waals surface area contributed by atoms with Gasteiger partial charge in [0.1, 0.15) is 0 Å².